The van der Waals surface area contributed by atoms with Gasteiger partial charge < -0.3 is 25.0 Å². The molecule has 148 valence electrons. The van der Waals surface area contributed by atoms with E-state index in [1.165, 1.54) is 12.8 Å². The Morgan fingerprint density at radius 3 is 3.04 bits per heavy atom. The monoisotopic (exact) mass is 385 g/mol. The Morgan fingerprint density at radius 1 is 1.39 bits per heavy atom. The lowest BCUT2D eigenvalue weighted by molar-refractivity contribution is 0.0889. The summed E-state index contributed by atoms with van der Waals surface area (Å²) in [5, 5.41) is 14.3. The van der Waals surface area contributed by atoms with Gasteiger partial charge in [0.2, 0.25) is 11.8 Å². The van der Waals surface area contributed by atoms with Gasteiger partial charge in [-0.15, -0.1) is 0 Å². The van der Waals surface area contributed by atoms with Crippen LogP contribution in [0.1, 0.15) is 42.7 Å². The number of nitrogen functional groups attached to an aromatic ring is 1. The molecule has 0 amide bonds. The summed E-state index contributed by atoms with van der Waals surface area (Å²) in [6.07, 6.45) is 4.43. The van der Waals surface area contributed by atoms with E-state index < -0.39 is 0 Å². The Morgan fingerprint density at radius 2 is 2.25 bits per heavy atom. The number of aromatic amines is 1. The fourth-order valence-electron chi connectivity index (χ4n) is 2.86. The van der Waals surface area contributed by atoms with Crippen LogP contribution in [0.5, 0.6) is 5.88 Å². The van der Waals surface area contributed by atoms with Crippen LogP contribution in [0.25, 0.3) is 0 Å². The fourth-order valence-corrected chi connectivity index (χ4v) is 2.86. The number of hydrogen-bond acceptors (Lipinski definition) is 9. The molecule has 1 aliphatic rings. The smallest absolute Gasteiger partial charge is 0.221 e. The SMILES string of the molecule is COCC(C)Oc1cc(Nc2nc(N)ncc2Cc2cc(C3CC3)no2)n[nH]1. The third-order valence-corrected chi connectivity index (χ3v) is 4.35. The van der Waals surface area contributed by atoms with E-state index in [2.05, 4.69) is 30.6 Å². The number of ether oxygens (including phenoxy) is 2. The van der Waals surface area contributed by atoms with E-state index >= 15 is 0 Å². The molecule has 3 heterocycles. The third kappa shape index (κ3) is 4.39. The zero-order valence-corrected chi connectivity index (χ0v) is 15.8. The highest BCUT2D eigenvalue weighted by molar-refractivity contribution is 5.58. The first-order chi connectivity index (χ1) is 13.6. The third-order valence-electron chi connectivity index (χ3n) is 4.35. The molecule has 28 heavy (non-hydrogen) atoms. The van der Waals surface area contributed by atoms with Crippen LogP contribution >= 0.6 is 0 Å². The molecule has 3 aromatic heterocycles. The van der Waals surface area contributed by atoms with Crippen LogP contribution in [0.3, 0.4) is 0 Å². The molecule has 0 bridgehead atoms. The van der Waals surface area contributed by atoms with E-state index in [0.29, 0.717) is 36.5 Å². The number of nitrogens with two attached hydrogens (primary N) is 1. The average molecular weight is 385 g/mol. The summed E-state index contributed by atoms with van der Waals surface area (Å²) in [5.41, 5.74) is 7.61. The van der Waals surface area contributed by atoms with E-state index in [0.717, 1.165) is 17.0 Å². The van der Waals surface area contributed by atoms with Gasteiger partial charge in [0.1, 0.15) is 17.7 Å². The lowest BCUT2D eigenvalue weighted by atomic mass is 10.1. The first kappa shape index (κ1) is 18.2. The fraction of sp³-hybridized carbons (Fsp3) is 0.444. The highest BCUT2D eigenvalue weighted by atomic mass is 16.5. The summed E-state index contributed by atoms with van der Waals surface area (Å²) < 4.78 is 16.2. The van der Waals surface area contributed by atoms with Crippen LogP contribution in [0.4, 0.5) is 17.6 Å². The molecule has 1 fully saturated rings. The minimum atomic E-state index is -0.101. The predicted octanol–water partition coefficient (Wildman–Crippen LogP) is 2.40. The summed E-state index contributed by atoms with van der Waals surface area (Å²) >= 11 is 0. The number of rotatable bonds is 9. The van der Waals surface area contributed by atoms with E-state index in [4.69, 9.17) is 19.7 Å². The normalized spacial score (nSPS) is 14.8. The number of hydrogen-bond donors (Lipinski definition) is 3. The van der Waals surface area contributed by atoms with Crippen molar-refractivity contribution < 1.29 is 14.0 Å². The molecule has 10 nitrogen and oxygen atoms in total. The van der Waals surface area contributed by atoms with Gasteiger partial charge in [-0.05, 0) is 19.8 Å². The number of nitrogens with one attached hydrogen (secondary N) is 2. The maximum absolute atomic E-state index is 5.77. The van der Waals surface area contributed by atoms with Gasteiger partial charge >= 0.3 is 0 Å². The Hall–Kier alpha value is -3.14. The van der Waals surface area contributed by atoms with Crippen LogP contribution < -0.4 is 15.8 Å². The van der Waals surface area contributed by atoms with Crippen molar-refractivity contribution in [2.45, 2.75) is 38.2 Å². The van der Waals surface area contributed by atoms with E-state index in [1.807, 2.05) is 13.0 Å². The summed E-state index contributed by atoms with van der Waals surface area (Å²) in [5.74, 6) is 3.11. The van der Waals surface area contributed by atoms with Crippen molar-refractivity contribution in [3.63, 3.8) is 0 Å². The van der Waals surface area contributed by atoms with E-state index in [1.54, 1.807) is 19.4 Å². The maximum Gasteiger partial charge on any atom is 0.221 e. The minimum absolute atomic E-state index is 0.101. The predicted molar refractivity (Wildman–Crippen MR) is 102 cm³/mol. The standard InChI is InChI=1S/C18H23N7O3/c1-10(9-26-2)27-16-7-15(23-24-16)21-17-12(8-20-18(19)22-17)5-13-6-14(25-28-13)11-3-4-11/h6-8,10-11H,3-5,9H2,1-2H3,(H4,19,20,21,22,23,24). The Kier molecular flexibility index (Phi) is 5.11. The topological polar surface area (TPSA) is 137 Å². The van der Waals surface area contributed by atoms with E-state index in [-0.39, 0.29) is 12.1 Å². The van der Waals surface area contributed by atoms with Gasteiger partial charge in [-0.3, -0.25) is 0 Å². The largest absolute Gasteiger partial charge is 0.472 e. The highest BCUT2D eigenvalue weighted by Crippen LogP contribution is 2.39. The van der Waals surface area contributed by atoms with Crippen molar-refractivity contribution in [2.75, 3.05) is 24.8 Å². The second-order valence-corrected chi connectivity index (χ2v) is 6.90. The number of nitrogens with zero attached hydrogens (tertiary/aromatic N) is 4. The summed E-state index contributed by atoms with van der Waals surface area (Å²) in [7, 11) is 1.63. The molecule has 4 rings (SSSR count). The molecule has 0 aliphatic heterocycles. The lowest BCUT2D eigenvalue weighted by Crippen LogP contribution is -2.18. The van der Waals surface area contributed by atoms with Crippen molar-refractivity contribution in [3.05, 3.63) is 35.3 Å². The molecule has 4 N–H and O–H groups in total. The second kappa shape index (κ2) is 7.85. The van der Waals surface area contributed by atoms with Crippen molar-refractivity contribution in [3.8, 4) is 5.88 Å². The zero-order chi connectivity index (χ0) is 19.5. The summed E-state index contributed by atoms with van der Waals surface area (Å²) in [4.78, 5) is 8.39. The number of aromatic nitrogens is 5. The van der Waals surface area contributed by atoms with Gasteiger partial charge in [-0.1, -0.05) is 5.16 Å². The zero-order valence-electron chi connectivity index (χ0n) is 15.8. The van der Waals surface area contributed by atoms with Crippen LogP contribution in [0.2, 0.25) is 0 Å². The quantitative estimate of drug-likeness (QED) is 0.507. The molecular formula is C18H23N7O3. The number of methoxy groups -OCH3 is 1. The molecule has 1 saturated carbocycles. The Labute approximate surface area is 161 Å². The highest BCUT2D eigenvalue weighted by Gasteiger charge is 2.27. The van der Waals surface area contributed by atoms with Gasteiger partial charge in [0.05, 0.1) is 12.3 Å². The van der Waals surface area contributed by atoms with Crippen LogP contribution in [-0.2, 0) is 11.2 Å². The van der Waals surface area contributed by atoms with Crippen LogP contribution in [0, 0.1) is 0 Å². The summed E-state index contributed by atoms with van der Waals surface area (Å²) in [6.45, 7) is 2.39. The first-order valence-electron chi connectivity index (χ1n) is 9.15. The van der Waals surface area contributed by atoms with Crippen molar-refractivity contribution in [1.29, 1.82) is 0 Å². The van der Waals surface area contributed by atoms with Crippen molar-refractivity contribution >= 4 is 17.6 Å². The first-order valence-corrected chi connectivity index (χ1v) is 9.15. The summed E-state index contributed by atoms with van der Waals surface area (Å²) in [6, 6.07) is 3.74. The van der Waals surface area contributed by atoms with E-state index in [9.17, 15) is 0 Å². The average Bonchev–Trinajstić information content (AvgIpc) is 3.25. The molecule has 0 aromatic carbocycles. The molecular weight excluding hydrogens is 362 g/mol. The number of anilines is 3. The molecule has 0 spiro atoms. The lowest BCUT2D eigenvalue weighted by Gasteiger charge is -2.10. The Balaban J connectivity index is 1.47. The van der Waals surface area contributed by atoms with Crippen LogP contribution in [-0.4, -0.2) is 45.1 Å². The van der Waals surface area contributed by atoms with Crippen LogP contribution in [0.15, 0.2) is 22.9 Å². The second-order valence-electron chi connectivity index (χ2n) is 6.90. The van der Waals surface area contributed by atoms with Gasteiger partial charge in [-0.25, -0.2) is 10.1 Å². The van der Waals surface area contributed by atoms with Crippen molar-refractivity contribution in [2.24, 2.45) is 0 Å². The molecule has 3 aromatic rings. The van der Waals surface area contributed by atoms with Gasteiger partial charge in [0.25, 0.3) is 0 Å². The molecule has 1 aliphatic carbocycles. The van der Waals surface area contributed by atoms with Crippen molar-refractivity contribution in [1.82, 2.24) is 25.3 Å². The maximum atomic E-state index is 5.77. The molecule has 10 heteroatoms. The van der Waals surface area contributed by atoms with Gasteiger partial charge in [-0.2, -0.15) is 10.1 Å². The minimum Gasteiger partial charge on any atom is -0.472 e. The molecule has 0 saturated heterocycles. The van der Waals surface area contributed by atoms with Gasteiger partial charge in [0, 0.05) is 43.3 Å². The Bertz CT molecular complexity index is 935. The molecule has 0 radical (unpaired) electrons. The molecule has 1 atom stereocenters. The number of H-pyrrole nitrogens is 1. The molecule has 1 unspecified atom stereocenters. The van der Waals surface area contributed by atoms with Gasteiger partial charge in [0.15, 0.2) is 5.82 Å².